The first-order chi connectivity index (χ1) is 13.6. The highest BCUT2D eigenvalue weighted by atomic mass is 16.6. The van der Waals surface area contributed by atoms with Gasteiger partial charge in [-0.3, -0.25) is 4.79 Å². The third kappa shape index (κ3) is 19.4. The van der Waals surface area contributed by atoms with Crippen LogP contribution in [0.2, 0.25) is 0 Å². The second-order valence-corrected chi connectivity index (χ2v) is 6.94. The molecular weight excluding hydrogens is 360 g/mol. The zero-order chi connectivity index (χ0) is 20.9. The molecule has 0 aliphatic carbocycles. The molecule has 0 N–H and O–H groups in total. The first kappa shape index (κ1) is 26.6. The van der Waals surface area contributed by atoms with Crippen LogP contribution in [0.15, 0.2) is 12.2 Å². The van der Waals surface area contributed by atoms with Crippen molar-refractivity contribution >= 4 is 11.9 Å². The molecule has 0 aliphatic heterocycles. The zero-order valence-corrected chi connectivity index (χ0v) is 18.0. The molecule has 0 saturated heterocycles. The molecular formula is C22H40O6. The van der Waals surface area contributed by atoms with Crippen molar-refractivity contribution in [3.8, 4) is 0 Å². The summed E-state index contributed by atoms with van der Waals surface area (Å²) in [6.07, 6.45) is 11.6. The lowest BCUT2D eigenvalue weighted by Crippen LogP contribution is -2.15. The second-order valence-electron chi connectivity index (χ2n) is 6.94. The van der Waals surface area contributed by atoms with Crippen molar-refractivity contribution in [1.82, 2.24) is 0 Å². The number of carbonyl (C=O) groups is 2. The third-order valence-corrected chi connectivity index (χ3v) is 4.16. The molecule has 0 fully saturated rings. The fraction of sp³-hybridized carbons (Fsp3) is 0.818. The van der Waals surface area contributed by atoms with Crippen molar-refractivity contribution in [2.75, 3.05) is 39.6 Å². The lowest BCUT2D eigenvalue weighted by atomic mass is 10.1. The smallest absolute Gasteiger partial charge is 0.333 e. The quantitative estimate of drug-likeness (QED) is 0.169. The fourth-order valence-corrected chi connectivity index (χ4v) is 2.51. The van der Waals surface area contributed by atoms with Gasteiger partial charge in [-0.05, 0) is 13.3 Å². The molecule has 0 heterocycles. The van der Waals surface area contributed by atoms with Gasteiger partial charge in [-0.15, -0.1) is 0 Å². The average molecular weight is 401 g/mol. The Morgan fingerprint density at radius 1 is 0.679 bits per heavy atom. The summed E-state index contributed by atoms with van der Waals surface area (Å²) in [7, 11) is 0. The number of rotatable bonds is 20. The number of unbranched alkanes of at least 4 members (excludes halogenated alkanes) is 8. The SMILES string of the molecule is C=C(C)C(=O)OCCOCCOCCOC(=O)CCCCCCCCCCC. The van der Waals surface area contributed by atoms with Crippen LogP contribution in [0.1, 0.15) is 78.1 Å². The van der Waals surface area contributed by atoms with E-state index in [1.807, 2.05) is 0 Å². The van der Waals surface area contributed by atoms with E-state index in [9.17, 15) is 9.59 Å². The van der Waals surface area contributed by atoms with Crippen LogP contribution in [0.5, 0.6) is 0 Å². The van der Waals surface area contributed by atoms with E-state index in [1.54, 1.807) is 6.92 Å². The molecule has 0 unspecified atom stereocenters. The molecule has 6 nitrogen and oxygen atoms in total. The van der Waals surface area contributed by atoms with Crippen molar-refractivity contribution in [3.05, 3.63) is 12.2 Å². The number of ether oxygens (including phenoxy) is 4. The molecule has 0 amide bonds. The first-order valence-corrected chi connectivity index (χ1v) is 10.7. The highest BCUT2D eigenvalue weighted by Gasteiger charge is 2.03. The standard InChI is InChI=1S/C22H40O6/c1-4-5-6-7-8-9-10-11-12-13-21(23)27-18-16-25-14-15-26-17-19-28-22(24)20(2)3/h2,4-19H2,1,3H3. The highest BCUT2D eigenvalue weighted by Crippen LogP contribution is 2.10. The van der Waals surface area contributed by atoms with Crippen molar-refractivity contribution in [3.63, 3.8) is 0 Å². The zero-order valence-electron chi connectivity index (χ0n) is 18.0. The predicted octanol–water partition coefficient (Wildman–Crippen LogP) is 4.60. The molecule has 0 radical (unpaired) electrons. The van der Waals surface area contributed by atoms with E-state index in [0.717, 1.165) is 12.8 Å². The summed E-state index contributed by atoms with van der Waals surface area (Å²) in [6, 6.07) is 0. The second kappa shape index (κ2) is 20.3. The Balaban J connectivity index is 3.23. The molecule has 0 saturated carbocycles. The van der Waals surface area contributed by atoms with E-state index in [4.69, 9.17) is 18.9 Å². The summed E-state index contributed by atoms with van der Waals surface area (Å²) >= 11 is 0. The van der Waals surface area contributed by atoms with Crippen LogP contribution in [0.4, 0.5) is 0 Å². The van der Waals surface area contributed by atoms with Crippen LogP contribution < -0.4 is 0 Å². The number of carbonyl (C=O) groups excluding carboxylic acids is 2. The molecule has 0 spiro atoms. The molecule has 0 rings (SSSR count). The van der Waals surface area contributed by atoms with Gasteiger partial charge < -0.3 is 18.9 Å². The van der Waals surface area contributed by atoms with Gasteiger partial charge in [0.1, 0.15) is 13.2 Å². The fourth-order valence-electron chi connectivity index (χ4n) is 2.51. The Kier molecular flexibility index (Phi) is 19.3. The van der Waals surface area contributed by atoms with Gasteiger partial charge in [-0.1, -0.05) is 64.9 Å². The molecule has 28 heavy (non-hydrogen) atoms. The molecule has 0 aromatic carbocycles. The molecule has 0 aliphatic rings. The summed E-state index contributed by atoms with van der Waals surface area (Å²) in [6.45, 7) is 9.27. The van der Waals surface area contributed by atoms with Gasteiger partial charge in [0, 0.05) is 12.0 Å². The van der Waals surface area contributed by atoms with Gasteiger partial charge in [-0.2, -0.15) is 0 Å². The minimum atomic E-state index is -0.413. The average Bonchev–Trinajstić information content (AvgIpc) is 2.67. The largest absolute Gasteiger partial charge is 0.463 e. The van der Waals surface area contributed by atoms with Gasteiger partial charge in [0.15, 0.2) is 0 Å². The maximum absolute atomic E-state index is 11.6. The molecule has 6 heteroatoms. The summed E-state index contributed by atoms with van der Waals surface area (Å²) in [5.41, 5.74) is 0.371. The number of hydrogen-bond acceptors (Lipinski definition) is 6. The van der Waals surface area contributed by atoms with Crippen LogP contribution in [-0.4, -0.2) is 51.6 Å². The topological polar surface area (TPSA) is 71.1 Å². The summed E-state index contributed by atoms with van der Waals surface area (Å²) in [5.74, 6) is -0.564. The van der Waals surface area contributed by atoms with Crippen molar-refractivity contribution in [2.45, 2.75) is 78.1 Å². The van der Waals surface area contributed by atoms with Crippen LogP contribution in [-0.2, 0) is 28.5 Å². The Hall–Kier alpha value is -1.40. The lowest BCUT2D eigenvalue weighted by Gasteiger charge is -2.08. The Bertz CT molecular complexity index is 408. The molecule has 0 aromatic heterocycles. The first-order valence-electron chi connectivity index (χ1n) is 10.7. The minimum Gasteiger partial charge on any atom is -0.463 e. The summed E-state index contributed by atoms with van der Waals surface area (Å²) < 4.78 is 20.6. The minimum absolute atomic E-state index is 0.151. The Labute approximate surface area is 170 Å². The van der Waals surface area contributed by atoms with Crippen molar-refractivity contribution in [1.29, 1.82) is 0 Å². The van der Waals surface area contributed by atoms with Crippen molar-refractivity contribution in [2.24, 2.45) is 0 Å². The third-order valence-electron chi connectivity index (χ3n) is 4.16. The van der Waals surface area contributed by atoms with Gasteiger partial charge in [-0.25, -0.2) is 4.79 Å². The van der Waals surface area contributed by atoms with Crippen molar-refractivity contribution < 1.29 is 28.5 Å². The van der Waals surface area contributed by atoms with Gasteiger partial charge >= 0.3 is 11.9 Å². The normalized spacial score (nSPS) is 10.6. The molecule has 0 atom stereocenters. The monoisotopic (exact) mass is 400 g/mol. The van der Waals surface area contributed by atoms with E-state index in [1.165, 1.54) is 44.9 Å². The summed E-state index contributed by atoms with van der Waals surface area (Å²) in [4.78, 5) is 22.7. The van der Waals surface area contributed by atoms with Gasteiger partial charge in [0.05, 0.1) is 26.4 Å². The lowest BCUT2D eigenvalue weighted by molar-refractivity contribution is -0.146. The van der Waals surface area contributed by atoms with Crippen LogP contribution in [0.3, 0.4) is 0 Å². The molecule has 164 valence electrons. The van der Waals surface area contributed by atoms with E-state index < -0.39 is 5.97 Å². The number of esters is 2. The Morgan fingerprint density at radius 3 is 1.68 bits per heavy atom. The molecule has 0 aromatic rings. The van der Waals surface area contributed by atoms with E-state index in [2.05, 4.69) is 13.5 Å². The van der Waals surface area contributed by atoms with Crippen LogP contribution in [0, 0.1) is 0 Å². The van der Waals surface area contributed by atoms with Crippen LogP contribution in [0.25, 0.3) is 0 Å². The van der Waals surface area contributed by atoms with Gasteiger partial charge in [0.25, 0.3) is 0 Å². The Morgan fingerprint density at radius 2 is 1.14 bits per heavy atom. The summed E-state index contributed by atoms with van der Waals surface area (Å²) in [5, 5.41) is 0. The van der Waals surface area contributed by atoms with E-state index in [0.29, 0.717) is 38.4 Å². The predicted molar refractivity (Wildman–Crippen MR) is 110 cm³/mol. The highest BCUT2D eigenvalue weighted by molar-refractivity contribution is 5.86. The maximum atomic E-state index is 11.6. The van der Waals surface area contributed by atoms with E-state index in [-0.39, 0.29) is 19.2 Å². The van der Waals surface area contributed by atoms with Crippen LogP contribution >= 0.6 is 0 Å². The molecule has 0 bridgehead atoms. The maximum Gasteiger partial charge on any atom is 0.333 e. The number of hydrogen-bond donors (Lipinski definition) is 0. The van der Waals surface area contributed by atoms with E-state index >= 15 is 0 Å². The van der Waals surface area contributed by atoms with Gasteiger partial charge in [0.2, 0.25) is 0 Å².